The lowest BCUT2D eigenvalue weighted by Gasteiger charge is -2.09. The molecule has 1 rings (SSSR count). The molecular weight excluding hydrogens is 256 g/mol. The van der Waals surface area contributed by atoms with Gasteiger partial charge in [-0.3, -0.25) is 0 Å². The second kappa shape index (κ2) is 7.28. The highest BCUT2D eigenvalue weighted by molar-refractivity contribution is 5.99. The molecule has 0 heterocycles. The zero-order valence-corrected chi connectivity index (χ0v) is 11.4. The molecule has 1 aromatic carbocycles. The SMILES string of the molecule is C=C(C)CC/C(C(=O)O)=C(\Cc1ccccc1)C(=O)O. The van der Waals surface area contributed by atoms with E-state index in [-0.39, 0.29) is 24.0 Å². The van der Waals surface area contributed by atoms with E-state index >= 15 is 0 Å². The minimum Gasteiger partial charge on any atom is -0.478 e. The third kappa shape index (κ3) is 4.72. The van der Waals surface area contributed by atoms with Gasteiger partial charge in [0.05, 0.1) is 5.57 Å². The van der Waals surface area contributed by atoms with E-state index in [9.17, 15) is 19.8 Å². The summed E-state index contributed by atoms with van der Waals surface area (Å²) >= 11 is 0. The molecule has 0 aliphatic heterocycles. The zero-order chi connectivity index (χ0) is 15.1. The number of carbonyl (C=O) groups is 2. The number of aliphatic carboxylic acids is 2. The van der Waals surface area contributed by atoms with E-state index in [1.807, 2.05) is 6.07 Å². The Kier molecular flexibility index (Phi) is 5.72. The van der Waals surface area contributed by atoms with Gasteiger partial charge in [0.25, 0.3) is 0 Å². The second-order valence-electron chi connectivity index (χ2n) is 4.69. The van der Waals surface area contributed by atoms with Crippen molar-refractivity contribution >= 4 is 11.9 Å². The van der Waals surface area contributed by atoms with Crippen LogP contribution in [0.15, 0.2) is 53.6 Å². The van der Waals surface area contributed by atoms with Crippen LogP contribution in [0.2, 0.25) is 0 Å². The molecule has 0 fully saturated rings. The molecular formula is C16H18O4. The fraction of sp³-hybridized carbons (Fsp3) is 0.250. The number of rotatable bonds is 7. The third-order valence-corrected chi connectivity index (χ3v) is 2.91. The molecule has 20 heavy (non-hydrogen) atoms. The number of hydrogen-bond acceptors (Lipinski definition) is 2. The van der Waals surface area contributed by atoms with Crippen molar-refractivity contribution in [3.63, 3.8) is 0 Å². The number of allylic oxidation sites excluding steroid dienone is 1. The molecule has 1 aromatic rings. The maximum absolute atomic E-state index is 11.4. The number of benzene rings is 1. The summed E-state index contributed by atoms with van der Waals surface area (Å²) in [7, 11) is 0. The number of carboxylic acid groups (broad SMARTS) is 2. The van der Waals surface area contributed by atoms with E-state index in [1.54, 1.807) is 31.2 Å². The molecule has 0 radical (unpaired) electrons. The van der Waals surface area contributed by atoms with Crippen molar-refractivity contribution in [1.82, 2.24) is 0 Å². The molecule has 0 atom stereocenters. The van der Waals surface area contributed by atoms with E-state index in [1.165, 1.54) is 0 Å². The van der Waals surface area contributed by atoms with Crippen molar-refractivity contribution in [3.05, 3.63) is 59.2 Å². The van der Waals surface area contributed by atoms with E-state index in [2.05, 4.69) is 6.58 Å². The predicted molar refractivity (Wildman–Crippen MR) is 76.5 cm³/mol. The Labute approximate surface area is 118 Å². The molecule has 0 saturated carbocycles. The van der Waals surface area contributed by atoms with Gasteiger partial charge in [0.15, 0.2) is 0 Å². The van der Waals surface area contributed by atoms with Crippen LogP contribution in [0.5, 0.6) is 0 Å². The fourth-order valence-corrected chi connectivity index (χ4v) is 1.84. The first kappa shape index (κ1) is 15.7. The summed E-state index contributed by atoms with van der Waals surface area (Å²) < 4.78 is 0. The van der Waals surface area contributed by atoms with Gasteiger partial charge in [-0.05, 0) is 25.3 Å². The standard InChI is InChI=1S/C16H18O4/c1-11(2)8-9-13(15(17)18)14(16(19)20)10-12-6-4-3-5-7-12/h3-7H,1,8-10H2,2H3,(H,17,18)(H,19,20)/b14-13-. The van der Waals surface area contributed by atoms with Crippen LogP contribution < -0.4 is 0 Å². The lowest BCUT2D eigenvalue weighted by Crippen LogP contribution is -2.13. The monoisotopic (exact) mass is 274 g/mol. The molecule has 0 spiro atoms. The van der Waals surface area contributed by atoms with Crippen LogP contribution >= 0.6 is 0 Å². The molecule has 106 valence electrons. The van der Waals surface area contributed by atoms with Crippen molar-refractivity contribution in [3.8, 4) is 0 Å². The first-order chi connectivity index (χ1) is 9.41. The highest BCUT2D eigenvalue weighted by Crippen LogP contribution is 2.19. The van der Waals surface area contributed by atoms with Gasteiger partial charge in [-0.15, -0.1) is 6.58 Å². The van der Waals surface area contributed by atoms with Crippen molar-refractivity contribution in [2.24, 2.45) is 0 Å². The molecule has 0 saturated heterocycles. The molecule has 0 unspecified atom stereocenters. The summed E-state index contributed by atoms with van der Waals surface area (Å²) in [6.45, 7) is 5.50. The Morgan fingerprint density at radius 3 is 2.00 bits per heavy atom. The van der Waals surface area contributed by atoms with Crippen LogP contribution in [0.4, 0.5) is 0 Å². The first-order valence-electron chi connectivity index (χ1n) is 6.28. The van der Waals surface area contributed by atoms with Gasteiger partial charge in [-0.25, -0.2) is 9.59 Å². The van der Waals surface area contributed by atoms with Crippen molar-refractivity contribution < 1.29 is 19.8 Å². The Balaban J connectivity index is 3.10. The molecule has 0 amide bonds. The molecule has 2 N–H and O–H groups in total. The Hall–Kier alpha value is -2.36. The van der Waals surface area contributed by atoms with Gasteiger partial charge >= 0.3 is 11.9 Å². The molecule has 0 aromatic heterocycles. The Bertz CT molecular complexity index is 541. The number of hydrogen-bond donors (Lipinski definition) is 2. The van der Waals surface area contributed by atoms with E-state index in [4.69, 9.17) is 0 Å². The van der Waals surface area contributed by atoms with Crippen LogP contribution in [0.1, 0.15) is 25.3 Å². The normalized spacial score (nSPS) is 11.7. The largest absolute Gasteiger partial charge is 0.478 e. The van der Waals surface area contributed by atoms with Crippen molar-refractivity contribution in [1.29, 1.82) is 0 Å². The Morgan fingerprint density at radius 2 is 1.55 bits per heavy atom. The average Bonchev–Trinajstić information content (AvgIpc) is 2.38. The number of carboxylic acids is 2. The molecule has 0 aliphatic rings. The Morgan fingerprint density at radius 1 is 1.00 bits per heavy atom. The topological polar surface area (TPSA) is 74.6 Å². The average molecular weight is 274 g/mol. The fourth-order valence-electron chi connectivity index (χ4n) is 1.84. The van der Waals surface area contributed by atoms with Gasteiger partial charge in [0.1, 0.15) is 0 Å². The summed E-state index contributed by atoms with van der Waals surface area (Å²) in [6.07, 6.45) is 0.750. The molecule has 4 nitrogen and oxygen atoms in total. The summed E-state index contributed by atoms with van der Waals surface area (Å²) in [4.78, 5) is 22.6. The van der Waals surface area contributed by atoms with E-state index in [0.29, 0.717) is 6.42 Å². The summed E-state index contributed by atoms with van der Waals surface area (Å²) in [5, 5.41) is 18.5. The lowest BCUT2D eigenvalue weighted by molar-refractivity contribution is -0.136. The smallest absolute Gasteiger partial charge is 0.332 e. The minimum absolute atomic E-state index is 0.0515. The van der Waals surface area contributed by atoms with Crippen molar-refractivity contribution in [2.75, 3.05) is 0 Å². The van der Waals surface area contributed by atoms with Crippen LogP contribution in [-0.4, -0.2) is 22.2 Å². The quantitative estimate of drug-likeness (QED) is 0.592. The molecule has 0 aliphatic carbocycles. The zero-order valence-electron chi connectivity index (χ0n) is 11.4. The molecule has 4 heteroatoms. The minimum atomic E-state index is -1.19. The maximum atomic E-state index is 11.4. The van der Waals surface area contributed by atoms with Crippen LogP contribution in [0, 0.1) is 0 Å². The van der Waals surface area contributed by atoms with E-state index in [0.717, 1.165) is 11.1 Å². The van der Waals surface area contributed by atoms with Crippen LogP contribution in [-0.2, 0) is 16.0 Å². The van der Waals surface area contributed by atoms with Gasteiger partial charge in [0.2, 0.25) is 0 Å². The lowest BCUT2D eigenvalue weighted by atomic mass is 9.96. The first-order valence-corrected chi connectivity index (χ1v) is 6.28. The van der Waals surface area contributed by atoms with Gasteiger partial charge < -0.3 is 10.2 Å². The highest BCUT2D eigenvalue weighted by Gasteiger charge is 2.20. The second-order valence-corrected chi connectivity index (χ2v) is 4.69. The van der Waals surface area contributed by atoms with E-state index < -0.39 is 11.9 Å². The van der Waals surface area contributed by atoms with Gasteiger partial charge in [0, 0.05) is 12.0 Å². The molecule has 0 bridgehead atoms. The van der Waals surface area contributed by atoms with Crippen LogP contribution in [0.25, 0.3) is 0 Å². The highest BCUT2D eigenvalue weighted by atomic mass is 16.4. The van der Waals surface area contributed by atoms with Gasteiger partial charge in [-0.2, -0.15) is 0 Å². The maximum Gasteiger partial charge on any atom is 0.332 e. The van der Waals surface area contributed by atoms with Crippen LogP contribution in [0.3, 0.4) is 0 Å². The summed E-state index contributed by atoms with van der Waals surface area (Å²) in [5.74, 6) is -2.37. The predicted octanol–water partition coefficient (Wildman–Crippen LogP) is 3.05. The third-order valence-electron chi connectivity index (χ3n) is 2.91. The van der Waals surface area contributed by atoms with Gasteiger partial charge in [-0.1, -0.05) is 35.9 Å². The summed E-state index contributed by atoms with van der Waals surface area (Å²) in [6, 6.07) is 8.97. The summed E-state index contributed by atoms with van der Waals surface area (Å²) in [5.41, 5.74) is 1.49. The van der Waals surface area contributed by atoms with Crippen molar-refractivity contribution in [2.45, 2.75) is 26.2 Å².